The maximum absolute atomic E-state index is 12.2. The molecule has 1 aliphatic heterocycles. The number of hydrogen-bond donors (Lipinski definition) is 2. The first kappa shape index (κ1) is 15.8. The van der Waals surface area contributed by atoms with Crippen LogP contribution < -0.4 is 10.6 Å². The van der Waals surface area contributed by atoms with E-state index in [0.717, 1.165) is 38.3 Å². The van der Waals surface area contributed by atoms with Gasteiger partial charge in [-0.25, -0.2) is 0 Å². The number of morpholine rings is 1. The fraction of sp³-hybridized carbons (Fsp3) is 0.562. The van der Waals surface area contributed by atoms with E-state index < -0.39 is 0 Å². The first-order chi connectivity index (χ1) is 10.2. The van der Waals surface area contributed by atoms with Crippen molar-refractivity contribution in [2.24, 2.45) is 0 Å². The van der Waals surface area contributed by atoms with Crippen LogP contribution in [0.2, 0.25) is 0 Å². The van der Waals surface area contributed by atoms with Crippen molar-refractivity contribution in [2.45, 2.75) is 19.4 Å². The average Bonchev–Trinajstić information content (AvgIpc) is 2.55. The largest absolute Gasteiger partial charge is 0.387 e. The Morgan fingerprint density at radius 1 is 1.43 bits per heavy atom. The van der Waals surface area contributed by atoms with Gasteiger partial charge in [-0.15, -0.1) is 0 Å². The highest BCUT2D eigenvalue weighted by atomic mass is 16.5. The summed E-state index contributed by atoms with van der Waals surface area (Å²) < 4.78 is 5.74. The normalized spacial score (nSPS) is 19.2. The molecule has 1 aliphatic rings. The van der Waals surface area contributed by atoms with Gasteiger partial charge in [-0.1, -0.05) is 19.1 Å². The van der Waals surface area contributed by atoms with Crippen molar-refractivity contribution in [1.82, 2.24) is 10.2 Å². The van der Waals surface area contributed by atoms with Gasteiger partial charge in [-0.05, 0) is 25.1 Å². The number of carbonyl (C=O) groups is 1. The lowest BCUT2D eigenvalue weighted by molar-refractivity contribution is -0.0296. The summed E-state index contributed by atoms with van der Waals surface area (Å²) in [6.45, 7) is 6.61. The predicted molar refractivity (Wildman–Crippen MR) is 84.8 cm³/mol. The molecule has 116 valence electrons. The predicted octanol–water partition coefficient (Wildman–Crippen LogP) is 1.57. The molecule has 0 aromatic heterocycles. The minimum absolute atomic E-state index is 0.0388. The van der Waals surface area contributed by atoms with E-state index in [9.17, 15) is 4.79 Å². The third-order valence-corrected chi connectivity index (χ3v) is 3.86. The Morgan fingerprint density at radius 3 is 3.00 bits per heavy atom. The summed E-state index contributed by atoms with van der Waals surface area (Å²) in [6.07, 6.45) is 1.07. The van der Waals surface area contributed by atoms with Crippen LogP contribution in [0.3, 0.4) is 0 Å². The molecule has 1 aromatic rings. The summed E-state index contributed by atoms with van der Waals surface area (Å²) in [6, 6.07) is 7.52. The van der Waals surface area contributed by atoms with Crippen LogP contribution in [-0.2, 0) is 4.74 Å². The fourth-order valence-corrected chi connectivity index (χ4v) is 2.58. The lowest BCUT2D eigenvalue weighted by Gasteiger charge is -2.32. The Morgan fingerprint density at radius 2 is 2.24 bits per heavy atom. The molecular formula is C16H25N3O2. The molecule has 0 spiro atoms. The molecule has 5 nitrogen and oxygen atoms in total. The SMILES string of the molecule is CCN1CCO[C@H](CCNC(=O)c2ccccc2NC)C1. The second kappa shape index (κ2) is 8.00. The second-order valence-corrected chi connectivity index (χ2v) is 5.23. The highest BCUT2D eigenvalue weighted by Gasteiger charge is 2.19. The zero-order chi connectivity index (χ0) is 15.1. The van der Waals surface area contributed by atoms with Crippen LogP contribution in [0.25, 0.3) is 0 Å². The molecule has 0 unspecified atom stereocenters. The topological polar surface area (TPSA) is 53.6 Å². The first-order valence-electron chi connectivity index (χ1n) is 7.63. The third-order valence-electron chi connectivity index (χ3n) is 3.86. The van der Waals surface area contributed by atoms with E-state index in [1.807, 2.05) is 31.3 Å². The molecule has 5 heteroatoms. The van der Waals surface area contributed by atoms with E-state index in [1.54, 1.807) is 0 Å². The van der Waals surface area contributed by atoms with Gasteiger partial charge in [0, 0.05) is 32.4 Å². The average molecular weight is 291 g/mol. The van der Waals surface area contributed by atoms with Gasteiger partial charge in [-0.2, -0.15) is 0 Å². The molecule has 1 heterocycles. The number of nitrogens with one attached hydrogen (secondary N) is 2. The Kier molecular flexibility index (Phi) is 6.02. The summed E-state index contributed by atoms with van der Waals surface area (Å²) in [5.74, 6) is -0.0388. The van der Waals surface area contributed by atoms with E-state index in [1.165, 1.54) is 0 Å². The number of rotatable bonds is 6. The Labute approximate surface area is 126 Å². The van der Waals surface area contributed by atoms with Crippen LogP contribution in [0, 0.1) is 0 Å². The number of carbonyl (C=O) groups excluding carboxylic acids is 1. The maximum Gasteiger partial charge on any atom is 0.253 e. The molecule has 0 radical (unpaired) electrons. The molecule has 1 fully saturated rings. The molecule has 0 saturated carbocycles. The van der Waals surface area contributed by atoms with E-state index in [4.69, 9.17) is 4.74 Å². The smallest absolute Gasteiger partial charge is 0.253 e. The number of anilines is 1. The third kappa shape index (κ3) is 4.44. The molecule has 21 heavy (non-hydrogen) atoms. The van der Waals surface area contributed by atoms with Crippen molar-refractivity contribution >= 4 is 11.6 Å². The zero-order valence-corrected chi connectivity index (χ0v) is 12.9. The highest BCUT2D eigenvalue weighted by Crippen LogP contribution is 2.14. The van der Waals surface area contributed by atoms with Gasteiger partial charge in [-0.3, -0.25) is 9.69 Å². The van der Waals surface area contributed by atoms with Gasteiger partial charge >= 0.3 is 0 Å². The number of nitrogens with zero attached hydrogens (tertiary/aromatic N) is 1. The van der Waals surface area contributed by atoms with Crippen LogP contribution in [-0.4, -0.2) is 56.7 Å². The van der Waals surface area contributed by atoms with Gasteiger partial charge in [0.05, 0.1) is 18.3 Å². The van der Waals surface area contributed by atoms with Crippen molar-refractivity contribution in [1.29, 1.82) is 0 Å². The van der Waals surface area contributed by atoms with E-state index in [2.05, 4.69) is 22.5 Å². The number of ether oxygens (including phenoxy) is 1. The summed E-state index contributed by atoms with van der Waals surface area (Å²) in [5.41, 5.74) is 1.53. The van der Waals surface area contributed by atoms with Gasteiger partial charge < -0.3 is 15.4 Å². The summed E-state index contributed by atoms with van der Waals surface area (Å²) in [7, 11) is 1.82. The molecule has 1 saturated heterocycles. The minimum Gasteiger partial charge on any atom is -0.387 e. The molecular weight excluding hydrogens is 266 g/mol. The standard InChI is InChI=1S/C16H25N3O2/c1-3-19-10-11-21-13(12-19)8-9-18-16(20)14-6-4-5-7-15(14)17-2/h4-7,13,17H,3,8-12H2,1-2H3,(H,18,20)/t13-/m1/s1. The zero-order valence-electron chi connectivity index (χ0n) is 12.9. The second-order valence-electron chi connectivity index (χ2n) is 5.23. The first-order valence-corrected chi connectivity index (χ1v) is 7.63. The Hall–Kier alpha value is -1.59. The van der Waals surface area contributed by atoms with Crippen LogP contribution in [0.4, 0.5) is 5.69 Å². The quantitative estimate of drug-likeness (QED) is 0.835. The van der Waals surface area contributed by atoms with Crippen molar-refractivity contribution in [3.05, 3.63) is 29.8 Å². The van der Waals surface area contributed by atoms with Crippen molar-refractivity contribution in [3.63, 3.8) is 0 Å². The van der Waals surface area contributed by atoms with Crippen LogP contribution in [0.15, 0.2) is 24.3 Å². The number of benzene rings is 1. The molecule has 0 bridgehead atoms. The van der Waals surface area contributed by atoms with Crippen molar-refractivity contribution in [3.8, 4) is 0 Å². The van der Waals surface area contributed by atoms with E-state index in [-0.39, 0.29) is 12.0 Å². The molecule has 1 atom stereocenters. The van der Waals surface area contributed by atoms with E-state index in [0.29, 0.717) is 12.1 Å². The fourth-order valence-electron chi connectivity index (χ4n) is 2.58. The molecule has 0 aliphatic carbocycles. The summed E-state index contributed by atoms with van der Waals surface area (Å²) in [5, 5.41) is 6.01. The Bertz CT molecular complexity index is 465. The molecule has 2 rings (SSSR count). The van der Waals surface area contributed by atoms with Gasteiger partial charge in [0.15, 0.2) is 0 Å². The Balaban J connectivity index is 1.79. The molecule has 2 N–H and O–H groups in total. The molecule has 1 amide bonds. The van der Waals surface area contributed by atoms with Crippen LogP contribution in [0.1, 0.15) is 23.7 Å². The lowest BCUT2D eigenvalue weighted by atomic mass is 10.1. The van der Waals surface area contributed by atoms with Crippen LogP contribution >= 0.6 is 0 Å². The number of likely N-dealkylation sites (N-methyl/N-ethyl adjacent to an activating group) is 1. The monoisotopic (exact) mass is 291 g/mol. The molecule has 1 aromatic carbocycles. The van der Waals surface area contributed by atoms with E-state index >= 15 is 0 Å². The van der Waals surface area contributed by atoms with Gasteiger partial charge in [0.1, 0.15) is 0 Å². The minimum atomic E-state index is -0.0388. The highest BCUT2D eigenvalue weighted by molar-refractivity contribution is 5.99. The number of hydrogen-bond acceptors (Lipinski definition) is 4. The van der Waals surface area contributed by atoms with Gasteiger partial charge in [0.25, 0.3) is 5.91 Å². The maximum atomic E-state index is 12.2. The lowest BCUT2D eigenvalue weighted by Crippen LogP contribution is -2.43. The number of amides is 1. The summed E-state index contributed by atoms with van der Waals surface area (Å²) >= 11 is 0. The number of para-hydroxylation sites is 1. The van der Waals surface area contributed by atoms with Crippen LogP contribution in [0.5, 0.6) is 0 Å². The van der Waals surface area contributed by atoms with Gasteiger partial charge in [0.2, 0.25) is 0 Å². The van der Waals surface area contributed by atoms with Crippen molar-refractivity contribution in [2.75, 3.05) is 45.2 Å². The summed E-state index contributed by atoms with van der Waals surface area (Å²) in [4.78, 5) is 14.6. The van der Waals surface area contributed by atoms with Crippen molar-refractivity contribution < 1.29 is 9.53 Å².